The van der Waals surface area contributed by atoms with Crippen molar-refractivity contribution in [1.29, 1.82) is 0 Å². The number of rotatable bonds is 6. The van der Waals surface area contributed by atoms with Crippen LogP contribution in [0.1, 0.15) is 19.3 Å². The summed E-state index contributed by atoms with van der Waals surface area (Å²) in [6, 6.07) is 0. The lowest BCUT2D eigenvalue weighted by molar-refractivity contribution is -0.140. The number of nitrogens with one attached hydrogen (secondary N) is 1. The number of unbranched alkanes of at least 4 members (excludes halogenated alkanes) is 1. The summed E-state index contributed by atoms with van der Waals surface area (Å²) in [6.45, 7) is 0.0493. The number of pyridine rings is 1. The fourth-order valence-electron chi connectivity index (χ4n) is 1.35. The van der Waals surface area contributed by atoms with Gasteiger partial charge in [-0.15, -0.1) is 0 Å². The van der Waals surface area contributed by atoms with E-state index in [1.54, 1.807) is 0 Å². The molecule has 0 aliphatic carbocycles. The Hall–Kier alpha value is -1.86. The molecule has 4 nitrogen and oxygen atoms in total. The van der Waals surface area contributed by atoms with Crippen LogP contribution in [-0.4, -0.2) is 24.6 Å². The molecular formula is C11H12F4N2O2. The van der Waals surface area contributed by atoms with Gasteiger partial charge in [0.2, 0.25) is 11.6 Å². The van der Waals surface area contributed by atoms with Crippen molar-refractivity contribution in [3.8, 4) is 0 Å². The van der Waals surface area contributed by atoms with Crippen LogP contribution in [0.4, 0.5) is 23.2 Å². The summed E-state index contributed by atoms with van der Waals surface area (Å²) in [7, 11) is 1.24. The summed E-state index contributed by atoms with van der Waals surface area (Å²) < 4.78 is 56.2. The molecule has 0 aromatic carbocycles. The van der Waals surface area contributed by atoms with E-state index in [4.69, 9.17) is 0 Å². The van der Waals surface area contributed by atoms with E-state index in [1.165, 1.54) is 7.11 Å². The van der Waals surface area contributed by atoms with Crippen LogP contribution < -0.4 is 5.32 Å². The minimum absolute atomic E-state index is 0.0493. The van der Waals surface area contributed by atoms with E-state index in [2.05, 4.69) is 15.0 Å². The van der Waals surface area contributed by atoms with E-state index in [0.29, 0.717) is 12.8 Å². The first-order valence-corrected chi connectivity index (χ1v) is 5.48. The van der Waals surface area contributed by atoms with Gasteiger partial charge in [0, 0.05) is 13.0 Å². The number of aromatic nitrogens is 1. The number of carbonyl (C=O) groups is 1. The first-order chi connectivity index (χ1) is 8.97. The fourth-order valence-corrected chi connectivity index (χ4v) is 1.35. The largest absolute Gasteiger partial charge is 0.469 e. The van der Waals surface area contributed by atoms with E-state index >= 15 is 0 Å². The Morgan fingerprint density at radius 1 is 1.16 bits per heavy atom. The highest BCUT2D eigenvalue weighted by Gasteiger charge is 2.20. The zero-order valence-electron chi connectivity index (χ0n) is 10.1. The monoisotopic (exact) mass is 280 g/mol. The standard InChI is InChI=1S/C11H12F4N2O2/c1-19-6(18)4-2-3-5-16-9-7(12)10(14)17-11(15)8(9)13/h2-5H2,1H3,(H,16,17). The molecule has 1 N–H and O–H groups in total. The van der Waals surface area contributed by atoms with Crippen LogP contribution in [-0.2, 0) is 9.53 Å². The molecule has 0 saturated heterocycles. The van der Waals surface area contributed by atoms with Gasteiger partial charge in [-0.2, -0.15) is 22.5 Å². The number of carbonyl (C=O) groups excluding carboxylic acids is 1. The minimum Gasteiger partial charge on any atom is -0.469 e. The van der Waals surface area contributed by atoms with Crippen LogP contribution >= 0.6 is 0 Å². The van der Waals surface area contributed by atoms with Crippen molar-refractivity contribution < 1.29 is 27.1 Å². The topological polar surface area (TPSA) is 51.2 Å². The van der Waals surface area contributed by atoms with E-state index in [0.717, 1.165) is 0 Å². The maximum absolute atomic E-state index is 13.2. The molecule has 0 unspecified atom stereocenters. The van der Waals surface area contributed by atoms with Crippen LogP contribution in [0.25, 0.3) is 0 Å². The third kappa shape index (κ3) is 4.08. The van der Waals surface area contributed by atoms with Crippen LogP contribution in [0.15, 0.2) is 0 Å². The lowest BCUT2D eigenvalue weighted by Crippen LogP contribution is -2.11. The van der Waals surface area contributed by atoms with Gasteiger partial charge in [0.05, 0.1) is 7.11 Å². The van der Waals surface area contributed by atoms with Gasteiger partial charge in [-0.3, -0.25) is 4.79 Å². The number of methoxy groups -OCH3 is 1. The average Bonchev–Trinajstić information content (AvgIpc) is 2.39. The van der Waals surface area contributed by atoms with Gasteiger partial charge in [-0.05, 0) is 12.8 Å². The zero-order chi connectivity index (χ0) is 14.4. The first-order valence-electron chi connectivity index (χ1n) is 5.48. The molecule has 1 heterocycles. The minimum atomic E-state index is -1.71. The number of hydrogen-bond acceptors (Lipinski definition) is 4. The molecular weight excluding hydrogens is 268 g/mol. The second-order valence-electron chi connectivity index (χ2n) is 3.66. The number of esters is 1. The molecule has 1 aromatic heterocycles. The average molecular weight is 280 g/mol. The highest BCUT2D eigenvalue weighted by Crippen LogP contribution is 2.21. The summed E-state index contributed by atoms with van der Waals surface area (Å²) >= 11 is 0. The lowest BCUT2D eigenvalue weighted by Gasteiger charge is -2.09. The maximum atomic E-state index is 13.2. The number of nitrogens with zero attached hydrogens (tertiary/aromatic N) is 1. The number of anilines is 1. The molecule has 8 heteroatoms. The van der Waals surface area contributed by atoms with E-state index in [-0.39, 0.29) is 13.0 Å². The molecule has 0 amide bonds. The summed E-state index contributed by atoms with van der Waals surface area (Å²) in [5.41, 5.74) is -0.900. The van der Waals surface area contributed by atoms with Gasteiger partial charge in [0.25, 0.3) is 11.9 Å². The van der Waals surface area contributed by atoms with Crippen LogP contribution in [0, 0.1) is 23.5 Å². The lowest BCUT2D eigenvalue weighted by atomic mass is 10.2. The Morgan fingerprint density at radius 2 is 1.74 bits per heavy atom. The molecule has 0 bridgehead atoms. The molecule has 0 atom stereocenters. The van der Waals surface area contributed by atoms with Gasteiger partial charge in [-0.25, -0.2) is 0 Å². The van der Waals surface area contributed by atoms with Crippen LogP contribution in [0.3, 0.4) is 0 Å². The van der Waals surface area contributed by atoms with Gasteiger partial charge < -0.3 is 10.1 Å². The maximum Gasteiger partial charge on any atom is 0.305 e. The SMILES string of the molecule is COC(=O)CCCCNc1c(F)c(F)nc(F)c1F. The third-order valence-corrected chi connectivity index (χ3v) is 2.33. The van der Waals surface area contributed by atoms with Crippen LogP contribution in [0.5, 0.6) is 0 Å². The van der Waals surface area contributed by atoms with E-state index in [1.807, 2.05) is 0 Å². The highest BCUT2D eigenvalue weighted by molar-refractivity contribution is 5.68. The molecule has 19 heavy (non-hydrogen) atoms. The quantitative estimate of drug-likeness (QED) is 0.376. The predicted molar refractivity (Wildman–Crippen MR) is 58.4 cm³/mol. The molecule has 0 aliphatic heterocycles. The molecule has 1 rings (SSSR count). The Labute approximate surface area is 106 Å². The van der Waals surface area contributed by atoms with Gasteiger partial charge >= 0.3 is 5.97 Å². The zero-order valence-corrected chi connectivity index (χ0v) is 10.1. The van der Waals surface area contributed by atoms with Crippen molar-refractivity contribution >= 4 is 11.7 Å². The summed E-state index contributed by atoms with van der Waals surface area (Å²) in [5.74, 6) is -6.98. The molecule has 106 valence electrons. The number of hydrogen-bond donors (Lipinski definition) is 1. The van der Waals surface area contributed by atoms with Gasteiger partial charge in [0.1, 0.15) is 5.69 Å². The second-order valence-corrected chi connectivity index (χ2v) is 3.66. The van der Waals surface area contributed by atoms with Gasteiger partial charge in [-0.1, -0.05) is 0 Å². The normalized spacial score (nSPS) is 10.4. The van der Waals surface area contributed by atoms with Crippen LogP contribution in [0.2, 0.25) is 0 Å². The third-order valence-electron chi connectivity index (χ3n) is 2.33. The van der Waals surface area contributed by atoms with Crippen molar-refractivity contribution in [3.05, 3.63) is 23.5 Å². The van der Waals surface area contributed by atoms with Crippen molar-refractivity contribution in [2.24, 2.45) is 0 Å². The van der Waals surface area contributed by atoms with Crippen molar-refractivity contribution in [2.45, 2.75) is 19.3 Å². The molecule has 0 fully saturated rings. The Kier molecular flexibility index (Phi) is 5.53. The predicted octanol–water partition coefficient (Wildman–Crippen LogP) is 2.39. The number of halogens is 4. The van der Waals surface area contributed by atoms with Crippen molar-refractivity contribution in [2.75, 3.05) is 19.0 Å². The first kappa shape index (κ1) is 15.2. The van der Waals surface area contributed by atoms with E-state index < -0.39 is 35.2 Å². The van der Waals surface area contributed by atoms with Gasteiger partial charge in [0.15, 0.2) is 0 Å². The number of ether oxygens (including phenoxy) is 1. The second kappa shape index (κ2) is 6.91. The highest BCUT2D eigenvalue weighted by atomic mass is 19.2. The van der Waals surface area contributed by atoms with Crippen molar-refractivity contribution in [1.82, 2.24) is 4.98 Å². The molecule has 0 saturated carbocycles. The van der Waals surface area contributed by atoms with E-state index in [9.17, 15) is 22.4 Å². The smallest absolute Gasteiger partial charge is 0.305 e. The summed E-state index contributed by atoms with van der Waals surface area (Å²) in [4.78, 5) is 13.2. The Bertz CT molecular complexity index is 442. The Morgan fingerprint density at radius 3 is 2.26 bits per heavy atom. The summed E-state index contributed by atoms with van der Waals surface area (Å²) in [5, 5.41) is 2.23. The Balaban J connectivity index is 2.52. The molecule has 0 spiro atoms. The molecule has 0 aliphatic rings. The van der Waals surface area contributed by atoms with Crippen molar-refractivity contribution in [3.63, 3.8) is 0 Å². The molecule has 0 radical (unpaired) electrons. The fraction of sp³-hybridized carbons (Fsp3) is 0.455. The molecule has 1 aromatic rings. The summed E-state index contributed by atoms with van der Waals surface area (Å²) in [6.07, 6.45) is 0.945.